The highest BCUT2D eigenvalue weighted by Crippen LogP contribution is 2.24. The molecule has 0 amide bonds. The summed E-state index contributed by atoms with van der Waals surface area (Å²) in [5.41, 5.74) is 5.58. The molecule has 2 aromatic carbocycles. The Bertz CT molecular complexity index is 608. The van der Waals surface area contributed by atoms with Crippen molar-refractivity contribution in [2.75, 3.05) is 5.32 Å². The number of halogens is 2. The summed E-state index contributed by atoms with van der Waals surface area (Å²) in [6.07, 6.45) is 0. The summed E-state index contributed by atoms with van der Waals surface area (Å²) in [6.45, 7) is 6.84. The van der Waals surface area contributed by atoms with E-state index >= 15 is 0 Å². The van der Waals surface area contributed by atoms with Crippen LogP contribution in [0.2, 0.25) is 0 Å². The normalized spacial score (nSPS) is 10.6. The van der Waals surface area contributed by atoms with Gasteiger partial charge in [-0.15, -0.1) is 0 Å². The highest BCUT2D eigenvalue weighted by molar-refractivity contribution is 9.10. The van der Waals surface area contributed by atoms with E-state index in [0.29, 0.717) is 11.0 Å². The van der Waals surface area contributed by atoms with E-state index in [0.717, 1.165) is 11.3 Å². The van der Waals surface area contributed by atoms with Gasteiger partial charge in [0.15, 0.2) is 0 Å². The van der Waals surface area contributed by atoms with Gasteiger partial charge in [0.1, 0.15) is 5.82 Å². The molecule has 0 unspecified atom stereocenters. The third-order valence-corrected chi connectivity index (χ3v) is 3.85. The van der Waals surface area contributed by atoms with E-state index in [1.165, 1.54) is 22.8 Å². The minimum absolute atomic E-state index is 0.242. The molecule has 0 aromatic heterocycles. The van der Waals surface area contributed by atoms with Crippen LogP contribution >= 0.6 is 15.9 Å². The van der Waals surface area contributed by atoms with Crippen LogP contribution in [0.5, 0.6) is 0 Å². The summed E-state index contributed by atoms with van der Waals surface area (Å²) < 4.78 is 14.0. The summed E-state index contributed by atoms with van der Waals surface area (Å²) >= 11 is 3.19. The van der Waals surface area contributed by atoms with Crippen molar-refractivity contribution < 1.29 is 4.39 Å². The monoisotopic (exact) mass is 321 g/mol. The van der Waals surface area contributed by atoms with Crippen molar-refractivity contribution in [1.82, 2.24) is 0 Å². The Labute approximate surface area is 122 Å². The van der Waals surface area contributed by atoms with E-state index in [1.54, 1.807) is 6.07 Å². The lowest BCUT2D eigenvalue weighted by Gasteiger charge is -2.13. The molecule has 0 aliphatic heterocycles. The Kier molecular flexibility index (Phi) is 4.25. The summed E-state index contributed by atoms with van der Waals surface area (Å²) in [7, 11) is 0. The Morgan fingerprint density at radius 3 is 2.53 bits per heavy atom. The van der Waals surface area contributed by atoms with Crippen molar-refractivity contribution in [2.24, 2.45) is 0 Å². The second-order valence-electron chi connectivity index (χ2n) is 4.86. The third-order valence-electron chi connectivity index (χ3n) is 3.24. The Balaban J connectivity index is 2.19. The molecule has 1 N–H and O–H groups in total. The molecule has 0 radical (unpaired) electrons. The SMILES string of the molecule is Cc1ccc(C)c(CNc2cc(F)c(Br)cc2C)c1. The Hall–Kier alpha value is -1.35. The first kappa shape index (κ1) is 14.1. The molecule has 0 bridgehead atoms. The molecule has 0 saturated carbocycles. The van der Waals surface area contributed by atoms with Crippen LogP contribution in [0.1, 0.15) is 22.3 Å². The molecule has 0 saturated heterocycles. The lowest BCUT2D eigenvalue weighted by molar-refractivity contribution is 0.621. The van der Waals surface area contributed by atoms with Gasteiger partial charge >= 0.3 is 0 Å². The van der Waals surface area contributed by atoms with Crippen LogP contribution in [0.25, 0.3) is 0 Å². The summed E-state index contributed by atoms with van der Waals surface area (Å²) in [5, 5.41) is 3.30. The van der Waals surface area contributed by atoms with Crippen LogP contribution in [0, 0.1) is 26.6 Å². The van der Waals surface area contributed by atoms with Crippen molar-refractivity contribution in [3.63, 3.8) is 0 Å². The van der Waals surface area contributed by atoms with Gasteiger partial charge in [-0.3, -0.25) is 0 Å². The molecule has 1 nitrogen and oxygen atoms in total. The molecule has 0 spiro atoms. The first-order valence-electron chi connectivity index (χ1n) is 6.23. The van der Waals surface area contributed by atoms with E-state index < -0.39 is 0 Å². The van der Waals surface area contributed by atoms with E-state index in [2.05, 4.69) is 53.3 Å². The van der Waals surface area contributed by atoms with Gasteiger partial charge in [-0.1, -0.05) is 23.8 Å². The average Bonchev–Trinajstić information content (AvgIpc) is 2.36. The average molecular weight is 322 g/mol. The van der Waals surface area contributed by atoms with Crippen molar-refractivity contribution in [3.05, 3.63) is 62.9 Å². The molecule has 0 aliphatic rings. The molecular formula is C16H17BrFN. The minimum atomic E-state index is -0.242. The molecule has 0 fully saturated rings. The van der Waals surface area contributed by atoms with Gasteiger partial charge in [0.25, 0.3) is 0 Å². The molecule has 0 atom stereocenters. The molecular weight excluding hydrogens is 305 g/mol. The second-order valence-corrected chi connectivity index (χ2v) is 5.72. The third kappa shape index (κ3) is 3.35. The van der Waals surface area contributed by atoms with Crippen LogP contribution < -0.4 is 5.32 Å². The van der Waals surface area contributed by atoms with Crippen molar-refractivity contribution >= 4 is 21.6 Å². The van der Waals surface area contributed by atoms with Crippen molar-refractivity contribution in [3.8, 4) is 0 Å². The van der Waals surface area contributed by atoms with Gasteiger partial charge in [-0.05, 0) is 65.5 Å². The largest absolute Gasteiger partial charge is 0.381 e. The van der Waals surface area contributed by atoms with Gasteiger partial charge in [0, 0.05) is 12.2 Å². The highest BCUT2D eigenvalue weighted by atomic mass is 79.9. The minimum Gasteiger partial charge on any atom is -0.381 e. The first-order valence-corrected chi connectivity index (χ1v) is 7.02. The maximum absolute atomic E-state index is 13.5. The fraction of sp³-hybridized carbons (Fsp3) is 0.250. The zero-order chi connectivity index (χ0) is 14.0. The number of aryl methyl sites for hydroxylation is 3. The standard InChI is InChI=1S/C16H17BrFN/c1-10-4-5-11(2)13(6-10)9-19-16-8-15(18)14(17)7-12(16)3/h4-8,19H,9H2,1-3H3. The number of hydrogen-bond donors (Lipinski definition) is 1. The van der Waals surface area contributed by atoms with Crippen LogP contribution in [0.3, 0.4) is 0 Å². The van der Waals surface area contributed by atoms with Crippen LogP contribution in [0.15, 0.2) is 34.8 Å². The van der Waals surface area contributed by atoms with E-state index in [4.69, 9.17) is 0 Å². The van der Waals surface area contributed by atoms with Gasteiger partial charge in [0.05, 0.1) is 4.47 Å². The number of hydrogen-bond acceptors (Lipinski definition) is 1. The van der Waals surface area contributed by atoms with Gasteiger partial charge in [-0.2, -0.15) is 0 Å². The lowest BCUT2D eigenvalue weighted by Crippen LogP contribution is -2.03. The summed E-state index contributed by atoms with van der Waals surface area (Å²) in [4.78, 5) is 0. The van der Waals surface area contributed by atoms with Gasteiger partial charge in [0.2, 0.25) is 0 Å². The predicted molar refractivity (Wildman–Crippen MR) is 82.1 cm³/mol. The van der Waals surface area contributed by atoms with Gasteiger partial charge in [-0.25, -0.2) is 4.39 Å². The lowest BCUT2D eigenvalue weighted by atomic mass is 10.1. The Morgan fingerprint density at radius 2 is 1.79 bits per heavy atom. The number of benzene rings is 2. The van der Waals surface area contributed by atoms with E-state index in [9.17, 15) is 4.39 Å². The maximum atomic E-state index is 13.5. The zero-order valence-corrected chi connectivity index (χ0v) is 12.9. The predicted octanol–water partition coefficient (Wildman–Crippen LogP) is 5.13. The Morgan fingerprint density at radius 1 is 1.05 bits per heavy atom. The van der Waals surface area contributed by atoms with Crippen molar-refractivity contribution in [1.29, 1.82) is 0 Å². The highest BCUT2D eigenvalue weighted by Gasteiger charge is 2.06. The smallest absolute Gasteiger partial charge is 0.139 e. The van der Waals surface area contributed by atoms with Gasteiger partial charge < -0.3 is 5.32 Å². The molecule has 19 heavy (non-hydrogen) atoms. The number of anilines is 1. The fourth-order valence-corrected chi connectivity index (χ4v) is 2.48. The first-order chi connectivity index (χ1) is 8.97. The fourth-order valence-electron chi connectivity index (χ4n) is 2.02. The second kappa shape index (κ2) is 5.74. The molecule has 2 rings (SSSR count). The molecule has 3 heteroatoms. The van der Waals surface area contributed by atoms with Crippen LogP contribution in [-0.2, 0) is 6.54 Å². The molecule has 2 aromatic rings. The van der Waals surface area contributed by atoms with E-state index in [-0.39, 0.29) is 5.82 Å². The summed E-state index contributed by atoms with van der Waals surface area (Å²) in [6, 6.07) is 9.70. The zero-order valence-electron chi connectivity index (χ0n) is 11.3. The topological polar surface area (TPSA) is 12.0 Å². The van der Waals surface area contributed by atoms with Crippen molar-refractivity contribution in [2.45, 2.75) is 27.3 Å². The summed E-state index contributed by atoms with van der Waals surface area (Å²) in [5.74, 6) is -0.242. The van der Waals surface area contributed by atoms with Crippen LogP contribution in [-0.4, -0.2) is 0 Å². The number of rotatable bonds is 3. The maximum Gasteiger partial charge on any atom is 0.139 e. The number of nitrogens with one attached hydrogen (secondary N) is 1. The molecule has 100 valence electrons. The quantitative estimate of drug-likeness (QED) is 0.826. The molecule has 0 heterocycles. The van der Waals surface area contributed by atoms with E-state index in [1.807, 2.05) is 6.92 Å². The molecule has 0 aliphatic carbocycles. The van der Waals surface area contributed by atoms with Crippen LogP contribution in [0.4, 0.5) is 10.1 Å².